The number of nitrogens with zero attached hydrogens (tertiary/aromatic N) is 1. The Morgan fingerprint density at radius 3 is 2.00 bits per heavy atom. The summed E-state index contributed by atoms with van der Waals surface area (Å²) in [5.74, 6) is -1.66. The molecule has 2 rings (SSSR count). The molecule has 2 aliphatic carbocycles. The van der Waals surface area contributed by atoms with Crippen LogP contribution in [0.3, 0.4) is 0 Å². The van der Waals surface area contributed by atoms with E-state index in [0.717, 1.165) is 32.1 Å². The molecule has 0 spiro atoms. The van der Waals surface area contributed by atoms with Crippen LogP contribution < -0.4 is 0 Å². The van der Waals surface area contributed by atoms with E-state index in [1.165, 1.54) is 83.5 Å². The lowest BCUT2D eigenvalue weighted by atomic mass is 9.63. The molecule has 1 amide bonds. The third kappa shape index (κ3) is 15.7. The van der Waals surface area contributed by atoms with Crippen molar-refractivity contribution in [2.24, 2.45) is 23.2 Å². The van der Waals surface area contributed by atoms with Gasteiger partial charge in [0.2, 0.25) is 5.91 Å². The fourth-order valence-corrected chi connectivity index (χ4v) is 8.30. The lowest BCUT2D eigenvalue weighted by Gasteiger charge is -2.45. The fourth-order valence-electron chi connectivity index (χ4n) is 7.85. The average Bonchev–Trinajstić information content (AvgIpc) is 3.30. The summed E-state index contributed by atoms with van der Waals surface area (Å²) in [6.07, 6.45) is 32.8. The van der Waals surface area contributed by atoms with Crippen molar-refractivity contribution in [3.8, 4) is 0 Å². The topological polar surface area (TPSA) is 98.1 Å². The van der Waals surface area contributed by atoms with Crippen LogP contribution >= 0.6 is 11.6 Å². The van der Waals surface area contributed by atoms with Crippen LogP contribution in [0.15, 0.2) is 24.3 Å². The molecule has 0 aliphatic heterocycles. The number of carbonyl (C=O) groups is 2. The molecule has 6 atom stereocenters. The maximum absolute atomic E-state index is 12.8. The number of unbranched alkanes of at least 4 members (excludes halogenated alkanes) is 13. The standard InChI is InChI=1S/C41H72ClNO5/c1-4-6-7-8-9-10-11-12-13-14-15-16-17-21-30-43(3)39(46)31-33(40(47)48)24-19-18-20-25-34-35(37(44)32-36(34)42)26-22-27-38(45)41(5-2)28-23-29-41/h18,20,22,26,33-38,44-45H,4-17,19,21,23-25,27-32H2,1-3H3,(H,47,48)/b20-18-,26-22+/t33?,34-,35-,36-,37-,38+/m1/s1. The molecule has 2 saturated carbocycles. The molecule has 6 nitrogen and oxygen atoms in total. The molecular formula is C41H72ClNO5. The highest BCUT2D eigenvalue weighted by molar-refractivity contribution is 6.21. The Morgan fingerprint density at radius 2 is 1.48 bits per heavy atom. The Kier molecular flexibility index (Phi) is 22.0. The molecular weight excluding hydrogens is 622 g/mol. The Balaban J connectivity index is 1.61. The average molecular weight is 694 g/mol. The van der Waals surface area contributed by atoms with Gasteiger partial charge in [0, 0.05) is 31.3 Å². The summed E-state index contributed by atoms with van der Waals surface area (Å²) in [6.45, 7) is 5.11. The van der Waals surface area contributed by atoms with Crippen molar-refractivity contribution in [3.63, 3.8) is 0 Å². The summed E-state index contributed by atoms with van der Waals surface area (Å²) in [5.41, 5.74) is 0.0648. The second-order valence-electron chi connectivity index (χ2n) is 15.2. The highest BCUT2D eigenvalue weighted by atomic mass is 35.5. The second-order valence-corrected chi connectivity index (χ2v) is 15.8. The third-order valence-electron chi connectivity index (χ3n) is 11.6. The van der Waals surface area contributed by atoms with Crippen molar-refractivity contribution in [3.05, 3.63) is 24.3 Å². The number of rotatable bonds is 28. The predicted octanol–water partition coefficient (Wildman–Crippen LogP) is 10.2. The normalized spacial score (nSPS) is 23.5. The van der Waals surface area contributed by atoms with Crippen LogP contribution in [0.2, 0.25) is 0 Å². The maximum Gasteiger partial charge on any atom is 0.307 e. The SMILES string of the molecule is CCCCCCCCCCCCCCCCN(C)C(=O)CC(CC/C=C\C[C@@H]1[C@@H](/C=C/C[C@H](O)C2(CC)CCC2)[C@H](O)C[C@H]1Cl)C(=O)O. The van der Waals surface area contributed by atoms with Crippen LogP contribution in [-0.4, -0.2) is 63.3 Å². The van der Waals surface area contributed by atoms with Gasteiger partial charge in [-0.05, 0) is 69.1 Å². The molecule has 0 radical (unpaired) electrons. The summed E-state index contributed by atoms with van der Waals surface area (Å²) in [6, 6.07) is 0. The van der Waals surface area contributed by atoms with E-state index in [1.54, 1.807) is 11.9 Å². The lowest BCUT2D eigenvalue weighted by molar-refractivity contribution is -0.145. The number of allylic oxidation sites excluding steroid dienone is 2. The molecule has 0 aromatic carbocycles. The summed E-state index contributed by atoms with van der Waals surface area (Å²) in [5, 5.41) is 31.1. The predicted molar refractivity (Wildman–Crippen MR) is 200 cm³/mol. The number of alkyl halides is 1. The van der Waals surface area contributed by atoms with E-state index in [0.29, 0.717) is 38.6 Å². The quantitative estimate of drug-likeness (QED) is 0.0430. The zero-order valence-electron chi connectivity index (χ0n) is 30.9. The molecule has 2 aliphatic rings. The van der Waals surface area contributed by atoms with Crippen molar-refractivity contribution in [1.29, 1.82) is 0 Å². The number of aliphatic hydroxyl groups is 2. The van der Waals surface area contributed by atoms with Gasteiger partial charge in [-0.2, -0.15) is 0 Å². The van der Waals surface area contributed by atoms with Crippen LogP contribution in [0.25, 0.3) is 0 Å². The van der Waals surface area contributed by atoms with Gasteiger partial charge in [0.05, 0.1) is 18.1 Å². The molecule has 0 saturated heterocycles. The fraction of sp³-hybridized carbons (Fsp3) is 0.854. The minimum absolute atomic E-state index is 0.0366. The Hall–Kier alpha value is -1.37. The van der Waals surface area contributed by atoms with E-state index in [4.69, 9.17) is 11.6 Å². The number of aliphatic hydroxyl groups excluding tert-OH is 2. The highest BCUT2D eigenvalue weighted by Crippen LogP contribution is 2.48. The maximum atomic E-state index is 12.8. The molecule has 0 heterocycles. The van der Waals surface area contributed by atoms with Crippen LogP contribution in [0.1, 0.15) is 168 Å². The third-order valence-corrected chi connectivity index (χ3v) is 12.1. The summed E-state index contributed by atoms with van der Waals surface area (Å²) in [4.78, 5) is 26.4. The molecule has 3 N–H and O–H groups in total. The van der Waals surface area contributed by atoms with Crippen molar-refractivity contribution in [2.75, 3.05) is 13.6 Å². The van der Waals surface area contributed by atoms with Crippen molar-refractivity contribution in [2.45, 2.75) is 186 Å². The number of carboxylic acid groups (broad SMARTS) is 1. The van der Waals surface area contributed by atoms with Crippen LogP contribution in [0.5, 0.6) is 0 Å². The first-order valence-electron chi connectivity index (χ1n) is 19.9. The largest absolute Gasteiger partial charge is 0.481 e. The van der Waals surface area contributed by atoms with E-state index in [2.05, 4.69) is 26.0 Å². The van der Waals surface area contributed by atoms with Gasteiger partial charge in [0.15, 0.2) is 0 Å². The minimum Gasteiger partial charge on any atom is -0.481 e. The molecule has 48 heavy (non-hydrogen) atoms. The van der Waals surface area contributed by atoms with Gasteiger partial charge < -0.3 is 20.2 Å². The Morgan fingerprint density at radius 1 is 0.896 bits per heavy atom. The van der Waals surface area contributed by atoms with E-state index in [-0.39, 0.29) is 41.1 Å². The number of carboxylic acids is 1. The Bertz CT molecular complexity index is 928. The number of hydrogen-bond donors (Lipinski definition) is 3. The van der Waals surface area contributed by atoms with Crippen LogP contribution in [0, 0.1) is 23.2 Å². The van der Waals surface area contributed by atoms with E-state index in [9.17, 15) is 24.9 Å². The number of hydrogen-bond acceptors (Lipinski definition) is 4. The minimum atomic E-state index is -0.916. The Labute approximate surface area is 299 Å². The zero-order chi connectivity index (χ0) is 35.2. The summed E-state index contributed by atoms with van der Waals surface area (Å²) < 4.78 is 0. The summed E-state index contributed by atoms with van der Waals surface area (Å²) in [7, 11) is 1.79. The number of amides is 1. The van der Waals surface area contributed by atoms with Gasteiger partial charge in [0.1, 0.15) is 0 Å². The van der Waals surface area contributed by atoms with Crippen LogP contribution in [0.4, 0.5) is 0 Å². The van der Waals surface area contributed by atoms with Crippen molar-refractivity contribution < 1.29 is 24.9 Å². The van der Waals surface area contributed by atoms with Gasteiger partial charge >= 0.3 is 5.97 Å². The lowest BCUT2D eigenvalue weighted by Crippen LogP contribution is -2.40. The van der Waals surface area contributed by atoms with Gasteiger partial charge in [-0.25, -0.2) is 0 Å². The molecule has 2 fully saturated rings. The number of halogens is 1. The molecule has 1 unspecified atom stereocenters. The molecule has 7 heteroatoms. The summed E-state index contributed by atoms with van der Waals surface area (Å²) >= 11 is 6.63. The first kappa shape index (κ1) is 42.8. The number of carbonyl (C=O) groups excluding carboxylic acids is 1. The zero-order valence-corrected chi connectivity index (χ0v) is 31.7. The second kappa shape index (κ2) is 24.7. The van der Waals surface area contributed by atoms with Crippen molar-refractivity contribution in [1.82, 2.24) is 4.90 Å². The van der Waals surface area contributed by atoms with Gasteiger partial charge in [-0.1, -0.05) is 128 Å². The smallest absolute Gasteiger partial charge is 0.307 e. The molecule has 0 aromatic rings. The van der Waals surface area contributed by atoms with E-state index in [1.807, 2.05) is 12.2 Å². The first-order chi connectivity index (χ1) is 23.1. The van der Waals surface area contributed by atoms with E-state index < -0.39 is 18.0 Å². The van der Waals surface area contributed by atoms with Crippen LogP contribution in [-0.2, 0) is 9.59 Å². The molecule has 0 bridgehead atoms. The van der Waals surface area contributed by atoms with E-state index >= 15 is 0 Å². The van der Waals surface area contributed by atoms with Crippen molar-refractivity contribution >= 4 is 23.5 Å². The van der Waals surface area contributed by atoms with Gasteiger partial charge in [-0.15, -0.1) is 11.6 Å². The highest BCUT2D eigenvalue weighted by Gasteiger charge is 2.42. The molecule has 278 valence electrons. The first-order valence-corrected chi connectivity index (χ1v) is 20.4. The molecule has 0 aromatic heterocycles. The van der Waals surface area contributed by atoms with Gasteiger partial charge in [0.25, 0.3) is 0 Å². The number of aliphatic carboxylic acids is 1. The monoisotopic (exact) mass is 694 g/mol. The van der Waals surface area contributed by atoms with Gasteiger partial charge in [-0.3, -0.25) is 9.59 Å².